The third-order valence-electron chi connectivity index (χ3n) is 7.19. The Labute approximate surface area is 219 Å². The maximum absolute atomic E-state index is 12.0. The van der Waals surface area contributed by atoms with Crippen molar-refractivity contribution in [3.05, 3.63) is 13.3 Å². The Kier molecular flexibility index (Phi) is 14.9. The second-order valence-corrected chi connectivity index (χ2v) is 12.7. The number of carbonyl (C=O) groups excluding carboxylic acids is 1. The van der Waals surface area contributed by atoms with Gasteiger partial charge in [-0.05, 0) is 79.9 Å². The zero-order chi connectivity index (χ0) is 26.6. The van der Waals surface area contributed by atoms with E-state index in [2.05, 4.69) is 102 Å². The molecule has 2 rings (SSSR count). The zero-order valence-corrected chi connectivity index (χ0v) is 24.7. The maximum atomic E-state index is 12.0. The molecule has 0 amide bonds. The van der Waals surface area contributed by atoms with E-state index in [-0.39, 0.29) is 23.2 Å². The van der Waals surface area contributed by atoms with Gasteiger partial charge in [-0.3, -0.25) is 4.79 Å². The van der Waals surface area contributed by atoms with Crippen LogP contribution in [0.3, 0.4) is 0 Å². The minimum atomic E-state index is -0.0225. The summed E-state index contributed by atoms with van der Waals surface area (Å²) in [4.78, 5) is 14.5. The third-order valence-corrected chi connectivity index (χ3v) is 7.19. The molecular weight excluding hydrogens is 471 g/mol. The number of nitrogens with one attached hydrogen (secondary N) is 1. The molecule has 0 aromatic rings. The fourth-order valence-corrected chi connectivity index (χ4v) is 5.41. The van der Waals surface area contributed by atoms with Crippen molar-refractivity contribution in [2.24, 2.45) is 0 Å². The molecule has 34 heavy (non-hydrogen) atoms. The molecule has 0 bridgehead atoms. The SMILES string of the molecule is CN1C(C)(C)C[CH-]CC1(C)C.[CH2-]CCCCCCCC(=O)OC1CC(C)(C)NC(C)(C)C1.[O]=[Co]. The average Bonchev–Trinajstić information content (AvgIpc) is 2.68. The summed E-state index contributed by atoms with van der Waals surface area (Å²) in [5.41, 5.74) is 0.755. The quantitative estimate of drug-likeness (QED) is 0.216. The summed E-state index contributed by atoms with van der Waals surface area (Å²) >= 11 is 2.31. The fourth-order valence-electron chi connectivity index (χ4n) is 5.41. The Morgan fingerprint density at radius 1 is 0.912 bits per heavy atom. The summed E-state index contributed by atoms with van der Waals surface area (Å²) < 4.78 is 13.6. The van der Waals surface area contributed by atoms with Gasteiger partial charge >= 0.3 is 25.5 Å². The van der Waals surface area contributed by atoms with E-state index in [0.29, 0.717) is 17.5 Å². The molecule has 2 saturated heterocycles. The van der Waals surface area contributed by atoms with Crippen molar-refractivity contribution in [1.82, 2.24) is 10.2 Å². The van der Waals surface area contributed by atoms with E-state index < -0.39 is 0 Å². The number of carbonyl (C=O) groups is 1. The predicted octanol–water partition coefficient (Wildman–Crippen LogP) is 6.76. The van der Waals surface area contributed by atoms with Gasteiger partial charge in [-0.25, -0.2) is 0 Å². The first-order valence-electron chi connectivity index (χ1n) is 13.1. The summed E-state index contributed by atoms with van der Waals surface area (Å²) in [5.74, 6) is -0.0225. The number of piperidine rings is 2. The van der Waals surface area contributed by atoms with Gasteiger partial charge in [0.15, 0.2) is 0 Å². The number of rotatable bonds is 8. The van der Waals surface area contributed by atoms with Gasteiger partial charge in [0, 0.05) is 30.3 Å². The summed E-state index contributed by atoms with van der Waals surface area (Å²) in [6.45, 7) is 21.8. The number of nitrogens with zero attached hydrogens (tertiary/aromatic N) is 1. The van der Waals surface area contributed by atoms with Crippen LogP contribution in [0.25, 0.3) is 0 Å². The molecule has 0 atom stereocenters. The molecule has 1 N–H and O–H groups in total. The fraction of sp³-hybridized carbons (Fsp3) is 0.893. The molecule has 6 heteroatoms. The number of hydrogen-bond acceptors (Lipinski definition) is 5. The van der Waals surface area contributed by atoms with Crippen molar-refractivity contribution in [2.75, 3.05) is 7.05 Å². The van der Waals surface area contributed by atoms with Gasteiger partial charge < -0.3 is 28.3 Å². The average molecular weight is 526 g/mol. The normalized spacial score (nSPS) is 23.0. The van der Waals surface area contributed by atoms with Gasteiger partial charge in [0.05, 0.1) is 0 Å². The van der Waals surface area contributed by atoms with Gasteiger partial charge in [0.1, 0.15) is 6.10 Å². The van der Waals surface area contributed by atoms with Crippen molar-refractivity contribution < 1.29 is 29.1 Å². The Morgan fingerprint density at radius 2 is 1.35 bits per heavy atom. The molecule has 0 aromatic heterocycles. The molecule has 2 aliphatic rings. The van der Waals surface area contributed by atoms with Crippen LogP contribution in [0, 0.1) is 13.3 Å². The van der Waals surface area contributed by atoms with Crippen LogP contribution in [0.5, 0.6) is 0 Å². The van der Waals surface area contributed by atoms with Crippen LogP contribution in [0.1, 0.15) is 126 Å². The standard InChI is InChI=1S/C18H34NO2.C10H20N.Co.O/c1-6-7-8-9-10-11-12-16(20)21-15-13-17(2,3)19-18(4,5)14-15;1-9(2)7-6-8-10(3,4)11(9)5;;/h15,19H,1,6-14H2,2-5H3;6H,7-8H2,1-5H3;;/q2*-1;;. The molecule has 5 nitrogen and oxygen atoms in total. The Hall–Kier alpha value is -0.304. The molecule has 0 saturated carbocycles. The van der Waals surface area contributed by atoms with Crippen LogP contribution >= 0.6 is 0 Å². The molecule has 0 radical (unpaired) electrons. The van der Waals surface area contributed by atoms with Crippen LogP contribution in [-0.4, -0.2) is 46.2 Å². The summed E-state index contributed by atoms with van der Waals surface area (Å²) in [5, 5.41) is 3.61. The molecule has 2 heterocycles. The van der Waals surface area contributed by atoms with Crippen LogP contribution in [-0.2, 0) is 29.1 Å². The summed E-state index contributed by atoms with van der Waals surface area (Å²) in [7, 11) is 2.23. The van der Waals surface area contributed by atoms with Crippen LogP contribution in [0.4, 0.5) is 0 Å². The van der Waals surface area contributed by atoms with E-state index >= 15 is 0 Å². The van der Waals surface area contributed by atoms with E-state index in [1.165, 1.54) is 32.1 Å². The van der Waals surface area contributed by atoms with Crippen LogP contribution in [0.2, 0.25) is 0 Å². The Bertz CT molecular complexity index is 558. The van der Waals surface area contributed by atoms with Gasteiger partial charge in [-0.15, -0.1) is 0 Å². The van der Waals surface area contributed by atoms with Gasteiger partial charge in [-0.1, -0.05) is 25.7 Å². The second-order valence-electron chi connectivity index (χ2n) is 12.7. The molecular formula is C28H54CoN2O3-2. The summed E-state index contributed by atoms with van der Waals surface area (Å²) in [6.07, 6.45) is 14.0. The monoisotopic (exact) mass is 525 g/mol. The number of unbranched alkanes of at least 4 members (excludes halogenated alkanes) is 5. The topological polar surface area (TPSA) is 58.6 Å². The van der Waals surface area contributed by atoms with E-state index in [1.807, 2.05) is 0 Å². The van der Waals surface area contributed by atoms with E-state index in [1.54, 1.807) is 0 Å². The first kappa shape index (κ1) is 33.7. The van der Waals surface area contributed by atoms with Gasteiger partial charge in [-0.2, -0.15) is 19.3 Å². The van der Waals surface area contributed by atoms with Crippen LogP contribution < -0.4 is 5.32 Å². The Balaban J connectivity index is 0.000000701. The van der Waals surface area contributed by atoms with E-state index in [0.717, 1.165) is 32.1 Å². The molecule has 0 aromatic carbocycles. The van der Waals surface area contributed by atoms with Crippen molar-refractivity contribution in [2.45, 2.75) is 154 Å². The zero-order valence-electron chi connectivity index (χ0n) is 23.6. The predicted molar refractivity (Wildman–Crippen MR) is 138 cm³/mol. The van der Waals surface area contributed by atoms with E-state index in [9.17, 15) is 4.79 Å². The van der Waals surface area contributed by atoms with E-state index in [4.69, 9.17) is 8.60 Å². The number of esters is 1. The van der Waals surface area contributed by atoms with Gasteiger partial charge in [0.2, 0.25) is 0 Å². The molecule has 0 aliphatic carbocycles. The first-order chi connectivity index (χ1) is 15.6. The molecule has 0 spiro atoms. The first-order valence-corrected chi connectivity index (χ1v) is 13.5. The van der Waals surface area contributed by atoms with Crippen molar-refractivity contribution in [3.8, 4) is 0 Å². The minimum absolute atomic E-state index is 0.0225. The van der Waals surface area contributed by atoms with Crippen molar-refractivity contribution in [1.29, 1.82) is 0 Å². The third kappa shape index (κ3) is 13.1. The summed E-state index contributed by atoms with van der Waals surface area (Å²) in [6, 6.07) is 0. The molecule has 2 aliphatic heterocycles. The molecule has 2 fully saturated rings. The van der Waals surface area contributed by atoms with Crippen molar-refractivity contribution in [3.63, 3.8) is 0 Å². The van der Waals surface area contributed by atoms with Gasteiger partial charge in [0.25, 0.3) is 0 Å². The number of likely N-dealkylation sites (tertiary alicyclic amines) is 1. The molecule has 205 valence electrons. The molecule has 0 unspecified atom stereocenters. The second kappa shape index (κ2) is 15.1. The number of hydrogen-bond donors (Lipinski definition) is 1. The van der Waals surface area contributed by atoms with Crippen LogP contribution in [0.15, 0.2) is 0 Å². The van der Waals surface area contributed by atoms with Crippen molar-refractivity contribution >= 4 is 5.97 Å². The Morgan fingerprint density at radius 3 is 1.79 bits per heavy atom. The number of ether oxygens (including phenoxy) is 1.